The van der Waals surface area contributed by atoms with E-state index in [-0.39, 0.29) is 17.3 Å². The van der Waals surface area contributed by atoms with Crippen LogP contribution in [0.2, 0.25) is 0 Å². The first-order valence-electron chi connectivity index (χ1n) is 5.26. The summed E-state index contributed by atoms with van der Waals surface area (Å²) in [6.07, 6.45) is 6.46. The standard InChI is InChI=1S/C10H16N2O2/c11-8-7-10(12(13)14)9-5-3-1-2-4-6-9/h9-10H,1-7H2. The predicted octanol–water partition coefficient (Wildman–Crippen LogP) is 2.52. The third-order valence-corrected chi connectivity index (χ3v) is 3.02. The van der Waals surface area contributed by atoms with Gasteiger partial charge in [-0.15, -0.1) is 0 Å². The molecule has 1 aliphatic carbocycles. The second-order valence-electron chi connectivity index (χ2n) is 3.97. The first kappa shape index (κ1) is 11.0. The van der Waals surface area contributed by atoms with E-state index >= 15 is 0 Å². The Labute approximate surface area is 84.1 Å². The Morgan fingerprint density at radius 2 is 1.93 bits per heavy atom. The van der Waals surface area contributed by atoms with E-state index in [0.717, 1.165) is 25.7 Å². The van der Waals surface area contributed by atoms with Crippen LogP contribution in [0.25, 0.3) is 0 Å². The van der Waals surface area contributed by atoms with Gasteiger partial charge in [0.1, 0.15) is 6.42 Å². The van der Waals surface area contributed by atoms with Crippen LogP contribution in [0, 0.1) is 27.4 Å². The average Bonchev–Trinajstić information content (AvgIpc) is 2.41. The Kier molecular flexibility index (Phi) is 4.37. The molecular weight excluding hydrogens is 180 g/mol. The molecule has 0 radical (unpaired) electrons. The summed E-state index contributed by atoms with van der Waals surface area (Å²) in [7, 11) is 0. The van der Waals surface area contributed by atoms with E-state index in [1.807, 2.05) is 6.07 Å². The minimum Gasteiger partial charge on any atom is -0.264 e. The molecule has 0 saturated heterocycles. The third kappa shape index (κ3) is 2.99. The van der Waals surface area contributed by atoms with Crippen LogP contribution in [-0.2, 0) is 0 Å². The second-order valence-corrected chi connectivity index (χ2v) is 3.97. The minimum absolute atomic E-state index is 0.0671. The van der Waals surface area contributed by atoms with Gasteiger partial charge in [-0.05, 0) is 12.8 Å². The maximum Gasteiger partial charge on any atom is 0.228 e. The van der Waals surface area contributed by atoms with Crippen molar-refractivity contribution in [3.63, 3.8) is 0 Å². The monoisotopic (exact) mass is 196 g/mol. The largest absolute Gasteiger partial charge is 0.264 e. The molecule has 1 fully saturated rings. The van der Waals surface area contributed by atoms with Crippen molar-refractivity contribution in [1.29, 1.82) is 5.26 Å². The molecule has 0 aromatic carbocycles. The van der Waals surface area contributed by atoms with Crippen LogP contribution in [0.4, 0.5) is 0 Å². The fourth-order valence-electron chi connectivity index (χ4n) is 2.20. The summed E-state index contributed by atoms with van der Waals surface area (Å²) in [4.78, 5) is 10.5. The highest BCUT2D eigenvalue weighted by Crippen LogP contribution is 2.27. The molecular formula is C10H16N2O2. The second kappa shape index (κ2) is 5.58. The molecule has 0 spiro atoms. The third-order valence-electron chi connectivity index (χ3n) is 3.02. The number of hydrogen-bond donors (Lipinski definition) is 0. The summed E-state index contributed by atoms with van der Waals surface area (Å²) in [6, 6.07) is 1.30. The quantitative estimate of drug-likeness (QED) is 0.395. The smallest absolute Gasteiger partial charge is 0.228 e. The van der Waals surface area contributed by atoms with Crippen LogP contribution in [-0.4, -0.2) is 11.0 Å². The van der Waals surface area contributed by atoms with Gasteiger partial charge in [0.25, 0.3) is 0 Å². The zero-order valence-corrected chi connectivity index (χ0v) is 8.32. The van der Waals surface area contributed by atoms with Crippen molar-refractivity contribution in [3.8, 4) is 6.07 Å². The molecule has 0 bridgehead atoms. The molecule has 0 amide bonds. The van der Waals surface area contributed by atoms with Gasteiger partial charge in [-0.1, -0.05) is 25.7 Å². The minimum atomic E-state index is -0.627. The van der Waals surface area contributed by atoms with Crippen LogP contribution in [0.5, 0.6) is 0 Å². The lowest BCUT2D eigenvalue weighted by molar-refractivity contribution is -0.531. The van der Waals surface area contributed by atoms with E-state index in [1.54, 1.807) is 0 Å². The molecule has 14 heavy (non-hydrogen) atoms. The van der Waals surface area contributed by atoms with E-state index in [0.29, 0.717) is 0 Å². The van der Waals surface area contributed by atoms with E-state index in [9.17, 15) is 10.1 Å². The fraction of sp³-hybridized carbons (Fsp3) is 0.900. The van der Waals surface area contributed by atoms with Crippen LogP contribution < -0.4 is 0 Å². The van der Waals surface area contributed by atoms with Gasteiger partial charge in [-0.2, -0.15) is 5.26 Å². The molecule has 1 rings (SSSR count). The molecule has 4 heteroatoms. The van der Waals surface area contributed by atoms with E-state index in [4.69, 9.17) is 5.26 Å². The molecule has 0 heterocycles. The Hall–Kier alpha value is -1.11. The molecule has 1 saturated carbocycles. The summed E-state index contributed by atoms with van der Waals surface area (Å²) in [5, 5.41) is 19.3. The topological polar surface area (TPSA) is 66.9 Å². The van der Waals surface area contributed by atoms with E-state index < -0.39 is 6.04 Å². The summed E-state index contributed by atoms with van der Waals surface area (Å²) in [5.41, 5.74) is 0. The number of hydrogen-bond acceptors (Lipinski definition) is 3. The zero-order valence-electron chi connectivity index (χ0n) is 8.32. The van der Waals surface area contributed by atoms with Gasteiger partial charge in [-0.25, -0.2) is 0 Å². The molecule has 0 N–H and O–H groups in total. The van der Waals surface area contributed by atoms with Gasteiger partial charge < -0.3 is 0 Å². The Morgan fingerprint density at radius 3 is 2.36 bits per heavy atom. The first-order valence-corrected chi connectivity index (χ1v) is 5.26. The number of nitrogens with zero attached hydrogens (tertiary/aromatic N) is 2. The van der Waals surface area contributed by atoms with E-state index in [1.165, 1.54) is 12.8 Å². The molecule has 0 aromatic heterocycles. The van der Waals surface area contributed by atoms with Crippen molar-refractivity contribution >= 4 is 0 Å². The summed E-state index contributed by atoms with van der Waals surface area (Å²) >= 11 is 0. The highest BCUT2D eigenvalue weighted by Gasteiger charge is 2.31. The summed E-state index contributed by atoms with van der Waals surface area (Å²) < 4.78 is 0. The lowest BCUT2D eigenvalue weighted by Gasteiger charge is -2.16. The number of nitriles is 1. The molecule has 1 aliphatic rings. The zero-order chi connectivity index (χ0) is 10.4. The van der Waals surface area contributed by atoms with Gasteiger partial charge in [0.15, 0.2) is 0 Å². The van der Waals surface area contributed by atoms with Gasteiger partial charge >= 0.3 is 0 Å². The Morgan fingerprint density at radius 1 is 1.36 bits per heavy atom. The van der Waals surface area contributed by atoms with Crippen LogP contribution in [0.3, 0.4) is 0 Å². The molecule has 0 aliphatic heterocycles. The predicted molar refractivity (Wildman–Crippen MR) is 52.2 cm³/mol. The summed E-state index contributed by atoms with van der Waals surface area (Å²) in [6.45, 7) is 0. The fourth-order valence-corrected chi connectivity index (χ4v) is 2.20. The van der Waals surface area contributed by atoms with Gasteiger partial charge in [-0.3, -0.25) is 10.1 Å². The first-order chi connectivity index (χ1) is 6.75. The lowest BCUT2D eigenvalue weighted by Crippen LogP contribution is -2.28. The van der Waals surface area contributed by atoms with Crippen LogP contribution >= 0.6 is 0 Å². The van der Waals surface area contributed by atoms with E-state index in [2.05, 4.69) is 0 Å². The normalized spacial score (nSPS) is 20.8. The maximum atomic E-state index is 10.8. The Bertz CT molecular complexity index is 227. The molecule has 4 nitrogen and oxygen atoms in total. The summed E-state index contributed by atoms with van der Waals surface area (Å²) in [5.74, 6) is 0.132. The average molecular weight is 196 g/mol. The van der Waals surface area contributed by atoms with Crippen molar-refractivity contribution in [3.05, 3.63) is 10.1 Å². The maximum absolute atomic E-state index is 10.8. The highest BCUT2D eigenvalue weighted by molar-refractivity contribution is 4.81. The van der Waals surface area contributed by atoms with Crippen LogP contribution in [0.15, 0.2) is 0 Å². The van der Waals surface area contributed by atoms with Gasteiger partial charge in [0.05, 0.1) is 6.07 Å². The number of rotatable bonds is 3. The van der Waals surface area contributed by atoms with Gasteiger partial charge in [0, 0.05) is 10.8 Å². The molecule has 0 aromatic rings. The van der Waals surface area contributed by atoms with Crippen LogP contribution in [0.1, 0.15) is 44.9 Å². The van der Waals surface area contributed by atoms with Crippen molar-refractivity contribution < 1.29 is 4.92 Å². The number of nitro groups is 1. The SMILES string of the molecule is N#CCC(C1CCCCCC1)[N+](=O)[O-]. The molecule has 1 unspecified atom stereocenters. The lowest BCUT2D eigenvalue weighted by atomic mass is 9.91. The Balaban J connectivity index is 2.56. The van der Waals surface area contributed by atoms with Crippen molar-refractivity contribution in [2.45, 2.75) is 51.0 Å². The van der Waals surface area contributed by atoms with Crippen molar-refractivity contribution in [2.24, 2.45) is 5.92 Å². The highest BCUT2D eigenvalue weighted by atomic mass is 16.6. The molecule has 1 atom stereocenters. The van der Waals surface area contributed by atoms with Gasteiger partial charge in [0.2, 0.25) is 6.04 Å². The molecule has 78 valence electrons. The van der Waals surface area contributed by atoms with Crippen molar-refractivity contribution in [2.75, 3.05) is 0 Å². The van der Waals surface area contributed by atoms with Crippen molar-refractivity contribution in [1.82, 2.24) is 0 Å².